The highest BCUT2D eigenvalue weighted by Crippen LogP contribution is 2.27. The molecule has 0 aliphatic carbocycles. The molecule has 0 radical (unpaired) electrons. The lowest BCUT2D eigenvalue weighted by atomic mass is 9.98. The first-order valence-electron chi connectivity index (χ1n) is 7.90. The SMILES string of the molecule is CCCc1ccc(N2CC(=O)N3CCCCC3C2=O)cc1. The van der Waals surface area contributed by atoms with Crippen molar-refractivity contribution in [3.8, 4) is 0 Å². The summed E-state index contributed by atoms with van der Waals surface area (Å²) in [6, 6.07) is 7.81. The number of nitrogens with zero attached hydrogens (tertiary/aromatic N) is 2. The highest BCUT2D eigenvalue weighted by molar-refractivity contribution is 6.06. The predicted octanol–water partition coefficient (Wildman–Crippen LogP) is 2.37. The summed E-state index contributed by atoms with van der Waals surface area (Å²) in [7, 11) is 0. The van der Waals surface area contributed by atoms with Crippen molar-refractivity contribution in [2.75, 3.05) is 18.0 Å². The van der Waals surface area contributed by atoms with Gasteiger partial charge in [-0.05, 0) is 43.4 Å². The van der Waals surface area contributed by atoms with E-state index in [1.807, 2.05) is 12.1 Å². The van der Waals surface area contributed by atoms with E-state index in [1.54, 1.807) is 9.80 Å². The number of anilines is 1. The third kappa shape index (κ3) is 2.67. The first-order valence-corrected chi connectivity index (χ1v) is 7.90. The van der Waals surface area contributed by atoms with Crippen LogP contribution in [-0.4, -0.2) is 35.8 Å². The van der Waals surface area contributed by atoms with Crippen molar-refractivity contribution in [2.24, 2.45) is 0 Å². The minimum atomic E-state index is -0.240. The van der Waals surface area contributed by atoms with Crippen molar-refractivity contribution < 1.29 is 9.59 Å². The zero-order valence-electron chi connectivity index (χ0n) is 12.5. The number of rotatable bonds is 3. The Labute approximate surface area is 125 Å². The average Bonchev–Trinajstić information content (AvgIpc) is 2.52. The first kappa shape index (κ1) is 14.1. The van der Waals surface area contributed by atoms with Gasteiger partial charge >= 0.3 is 0 Å². The number of hydrogen-bond acceptors (Lipinski definition) is 2. The molecule has 2 saturated heterocycles. The van der Waals surface area contributed by atoms with Crippen molar-refractivity contribution in [1.82, 2.24) is 4.90 Å². The Hall–Kier alpha value is -1.84. The number of benzene rings is 1. The van der Waals surface area contributed by atoms with Crippen LogP contribution in [0.4, 0.5) is 5.69 Å². The second-order valence-corrected chi connectivity index (χ2v) is 5.94. The number of carbonyl (C=O) groups excluding carboxylic acids is 2. The van der Waals surface area contributed by atoms with Gasteiger partial charge in [-0.25, -0.2) is 0 Å². The topological polar surface area (TPSA) is 40.6 Å². The van der Waals surface area contributed by atoms with Crippen LogP contribution in [0, 0.1) is 0 Å². The lowest BCUT2D eigenvalue weighted by Crippen LogP contribution is -2.61. The molecule has 0 N–H and O–H groups in total. The number of piperidine rings is 1. The summed E-state index contributed by atoms with van der Waals surface area (Å²) in [5, 5.41) is 0. The summed E-state index contributed by atoms with van der Waals surface area (Å²) in [5.74, 6) is 0.162. The van der Waals surface area contributed by atoms with Crippen molar-refractivity contribution in [3.05, 3.63) is 29.8 Å². The number of piperazine rings is 1. The van der Waals surface area contributed by atoms with E-state index < -0.39 is 0 Å². The molecule has 1 unspecified atom stereocenters. The van der Waals surface area contributed by atoms with E-state index >= 15 is 0 Å². The van der Waals surface area contributed by atoms with Gasteiger partial charge in [0.25, 0.3) is 0 Å². The molecule has 2 aliphatic heterocycles. The highest BCUT2D eigenvalue weighted by Gasteiger charge is 2.40. The number of hydrogen-bond donors (Lipinski definition) is 0. The van der Waals surface area contributed by atoms with Crippen LogP contribution >= 0.6 is 0 Å². The van der Waals surface area contributed by atoms with E-state index in [0.29, 0.717) is 0 Å². The zero-order valence-corrected chi connectivity index (χ0v) is 12.5. The molecule has 112 valence electrons. The Morgan fingerprint density at radius 1 is 1.14 bits per heavy atom. The van der Waals surface area contributed by atoms with E-state index in [9.17, 15) is 9.59 Å². The van der Waals surface area contributed by atoms with Gasteiger partial charge < -0.3 is 9.80 Å². The standard InChI is InChI=1S/C17H22N2O2/c1-2-5-13-7-9-14(10-8-13)19-12-16(20)18-11-4-3-6-15(18)17(19)21/h7-10,15H,2-6,11-12H2,1H3. The Morgan fingerprint density at radius 2 is 1.90 bits per heavy atom. The largest absolute Gasteiger partial charge is 0.329 e. The average molecular weight is 286 g/mol. The number of carbonyl (C=O) groups is 2. The minimum Gasteiger partial charge on any atom is -0.329 e. The van der Waals surface area contributed by atoms with Crippen LogP contribution in [0.1, 0.15) is 38.2 Å². The van der Waals surface area contributed by atoms with Crippen molar-refractivity contribution in [3.63, 3.8) is 0 Å². The lowest BCUT2D eigenvalue weighted by molar-refractivity contribution is -0.144. The van der Waals surface area contributed by atoms with Crippen LogP contribution in [0.3, 0.4) is 0 Å². The number of amides is 2. The zero-order chi connectivity index (χ0) is 14.8. The van der Waals surface area contributed by atoms with Crippen molar-refractivity contribution in [2.45, 2.75) is 45.1 Å². The van der Waals surface area contributed by atoms with E-state index in [-0.39, 0.29) is 24.4 Å². The molecule has 1 atom stereocenters. The molecule has 0 saturated carbocycles. The molecular formula is C17H22N2O2. The van der Waals surface area contributed by atoms with Crippen LogP contribution in [0.25, 0.3) is 0 Å². The molecule has 2 aliphatic rings. The monoisotopic (exact) mass is 286 g/mol. The van der Waals surface area contributed by atoms with Gasteiger partial charge in [-0.1, -0.05) is 25.5 Å². The molecule has 4 nitrogen and oxygen atoms in total. The molecule has 2 amide bonds. The van der Waals surface area contributed by atoms with Gasteiger partial charge in [0.15, 0.2) is 0 Å². The van der Waals surface area contributed by atoms with E-state index in [0.717, 1.165) is 44.3 Å². The van der Waals surface area contributed by atoms with E-state index in [2.05, 4.69) is 19.1 Å². The van der Waals surface area contributed by atoms with Gasteiger partial charge in [-0.15, -0.1) is 0 Å². The third-order valence-corrected chi connectivity index (χ3v) is 4.45. The molecule has 0 bridgehead atoms. The number of aryl methyl sites for hydroxylation is 1. The van der Waals surface area contributed by atoms with Gasteiger partial charge in [0.05, 0.1) is 0 Å². The Balaban J connectivity index is 1.81. The first-order chi connectivity index (χ1) is 10.2. The van der Waals surface area contributed by atoms with Gasteiger partial charge in [0.2, 0.25) is 11.8 Å². The maximum absolute atomic E-state index is 12.6. The van der Waals surface area contributed by atoms with Gasteiger partial charge in [-0.3, -0.25) is 9.59 Å². The molecule has 1 aromatic carbocycles. The predicted molar refractivity (Wildman–Crippen MR) is 82.1 cm³/mol. The second kappa shape index (κ2) is 5.88. The van der Waals surface area contributed by atoms with Crippen LogP contribution in [0.2, 0.25) is 0 Å². The quantitative estimate of drug-likeness (QED) is 0.856. The third-order valence-electron chi connectivity index (χ3n) is 4.45. The summed E-state index contributed by atoms with van der Waals surface area (Å²) in [6.07, 6.45) is 5.00. The summed E-state index contributed by atoms with van der Waals surface area (Å²) in [4.78, 5) is 28.3. The summed E-state index contributed by atoms with van der Waals surface area (Å²) < 4.78 is 0. The maximum Gasteiger partial charge on any atom is 0.250 e. The fraction of sp³-hybridized carbons (Fsp3) is 0.529. The minimum absolute atomic E-state index is 0.0805. The molecule has 4 heteroatoms. The van der Waals surface area contributed by atoms with Crippen molar-refractivity contribution in [1.29, 1.82) is 0 Å². The normalized spacial score (nSPS) is 22.4. The summed E-state index contributed by atoms with van der Waals surface area (Å²) in [6.45, 7) is 3.07. The second-order valence-electron chi connectivity index (χ2n) is 5.94. The van der Waals surface area contributed by atoms with Crippen LogP contribution < -0.4 is 4.90 Å². The van der Waals surface area contributed by atoms with Crippen LogP contribution in [0.5, 0.6) is 0 Å². The molecule has 21 heavy (non-hydrogen) atoms. The molecular weight excluding hydrogens is 264 g/mol. The molecule has 0 aromatic heterocycles. The fourth-order valence-electron chi connectivity index (χ4n) is 3.32. The molecule has 2 fully saturated rings. The fourth-order valence-corrected chi connectivity index (χ4v) is 3.32. The Bertz CT molecular complexity index is 538. The molecule has 2 heterocycles. The van der Waals surface area contributed by atoms with Gasteiger partial charge in [0, 0.05) is 12.2 Å². The van der Waals surface area contributed by atoms with Crippen LogP contribution in [-0.2, 0) is 16.0 Å². The summed E-state index contributed by atoms with van der Waals surface area (Å²) in [5.41, 5.74) is 2.12. The number of fused-ring (bicyclic) bond motifs is 1. The van der Waals surface area contributed by atoms with Crippen molar-refractivity contribution >= 4 is 17.5 Å². The smallest absolute Gasteiger partial charge is 0.250 e. The lowest BCUT2D eigenvalue weighted by Gasteiger charge is -2.42. The Morgan fingerprint density at radius 3 is 2.62 bits per heavy atom. The van der Waals surface area contributed by atoms with Gasteiger partial charge in [-0.2, -0.15) is 0 Å². The van der Waals surface area contributed by atoms with E-state index in [1.165, 1.54) is 5.56 Å². The highest BCUT2D eigenvalue weighted by atomic mass is 16.2. The maximum atomic E-state index is 12.6. The molecule has 3 rings (SSSR count). The molecule has 1 aromatic rings. The van der Waals surface area contributed by atoms with Gasteiger partial charge in [0.1, 0.15) is 12.6 Å². The van der Waals surface area contributed by atoms with Crippen LogP contribution in [0.15, 0.2) is 24.3 Å². The van der Waals surface area contributed by atoms with E-state index in [4.69, 9.17) is 0 Å². The summed E-state index contributed by atoms with van der Waals surface area (Å²) >= 11 is 0. The Kier molecular flexibility index (Phi) is 3.95. The molecule has 0 spiro atoms.